The first-order valence-corrected chi connectivity index (χ1v) is 6.37. The second kappa shape index (κ2) is 5.23. The Morgan fingerprint density at radius 1 is 1.26 bits per heavy atom. The Kier molecular flexibility index (Phi) is 3.66. The summed E-state index contributed by atoms with van der Waals surface area (Å²) < 4.78 is 0. The van der Waals surface area contributed by atoms with Gasteiger partial charge in [0.1, 0.15) is 0 Å². The Balaban J connectivity index is 2.49. The van der Waals surface area contributed by atoms with Crippen LogP contribution in [0.4, 0.5) is 10.9 Å². The molecule has 98 valence electrons. The minimum absolute atomic E-state index is 0.0658. The largest absolute Gasteiger partial charge is 0.294 e. The van der Waals surface area contributed by atoms with Crippen LogP contribution in [0.2, 0.25) is 0 Å². The lowest BCUT2D eigenvalue weighted by Gasteiger charge is -2.15. The maximum absolute atomic E-state index is 11.8. The topological polar surface area (TPSA) is 76.1 Å². The first-order chi connectivity index (χ1) is 9.00. The first-order valence-electron chi connectivity index (χ1n) is 5.55. The number of anilines is 2. The van der Waals surface area contributed by atoms with Gasteiger partial charge in [-0.1, -0.05) is 11.3 Å². The van der Waals surface area contributed by atoms with Crippen molar-refractivity contribution in [3.63, 3.8) is 0 Å². The van der Waals surface area contributed by atoms with Crippen LogP contribution in [0.5, 0.6) is 0 Å². The molecule has 0 saturated heterocycles. The molecule has 0 spiro atoms. The van der Waals surface area contributed by atoms with Crippen molar-refractivity contribution in [1.82, 2.24) is 15.0 Å². The highest BCUT2D eigenvalue weighted by atomic mass is 32.1. The van der Waals surface area contributed by atoms with Crippen LogP contribution >= 0.6 is 11.3 Å². The van der Waals surface area contributed by atoms with E-state index >= 15 is 0 Å². The summed E-state index contributed by atoms with van der Waals surface area (Å²) in [5.74, 6) is 0.0899. The van der Waals surface area contributed by atoms with E-state index in [1.54, 1.807) is 6.92 Å². The molecule has 0 fully saturated rings. The Bertz CT molecular complexity index is 624. The number of hydrogen-bond donors (Lipinski definition) is 0. The van der Waals surface area contributed by atoms with E-state index in [0.29, 0.717) is 21.5 Å². The molecule has 0 aliphatic carbocycles. The van der Waals surface area contributed by atoms with Gasteiger partial charge >= 0.3 is 0 Å². The van der Waals surface area contributed by atoms with Crippen molar-refractivity contribution < 1.29 is 9.59 Å². The maximum atomic E-state index is 11.8. The van der Waals surface area contributed by atoms with E-state index in [2.05, 4.69) is 15.0 Å². The highest BCUT2D eigenvalue weighted by Crippen LogP contribution is 2.30. The van der Waals surface area contributed by atoms with Gasteiger partial charge in [0.2, 0.25) is 5.91 Å². The lowest BCUT2D eigenvalue weighted by Crippen LogP contribution is -2.23. The number of carbonyl (C=O) groups excluding carboxylic acids is 2. The quantitative estimate of drug-likeness (QED) is 0.803. The lowest BCUT2D eigenvalue weighted by atomic mass is 10.3. The van der Waals surface area contributed by atoms with Crippen LogP contribution in [0.1, 0.15) is 29.2 Å². The monoisotopic (exact) mass is 276 g/mol. The van der Waals surface area contributed by atoms with Crippen LogP contribution in [0.3, 0.4) is 0 Å². The Hall–Kier alpha value is -2.15. The van der Waals surface area contributed by atoms with E-state index in [0.717, 1.165) is 0 Å². The van der Waals surface area contributed by atoms with Crippen LogP contribution in [0, 0.1) is 6.92 Å². The summed E-state index contributed by atoms with van der Waals surface area (Å²) in [6.07, 6.45) is 4.50. The minimum Gasteiger partial charge on any atom is -0.294 e. The number of amides is 1. The number of hydrogen-bond acceptors (Lipinski definition) is 6. The molecule has 2 heterocycles. The predicted octanol–water partition coefficient (Wildman–Crippen LogP) is 2.13. The molecule has 0 unspecified atom stereocenters. The molecule has 0 aromatic carbocycles. The van der Waals surface area contributed by atoms with Gasteiger partial charge in [-0.2, -0.15) is 0 Å². The lowest BCUT2D eigenvalue weighted by molar-refractivity contribution is -0.115. The molecule has 2 aromatic rings. The average molecular weight is 276 g/mol. The molecule has 0 atom stereocenters. The van der Waals surface area contributed by atoms with Gasteiger partial charge in [0.15, 0.2) is 16.7 Å². The molecule has 6 nitrogen and oxygen atoms in total. The van der Waals surface area contributed by atoms with Crippen molar-refractivity contribution in [3.05, 3.63) is 29.2 Å². The van der Waals surface area contributed by atoms with Crippen molar-refractivity contribution in [2.75, 3.05) is 4.90 Å². The van der Waals surface area contributed by atoms with Gasteiger partial charge in [-0.05, 0) is 6.92 Å². The second-order valence-electron chi connectivity index (χ2n) is 3.89. The number of Topliss-reactive ketones (excluding diaryl/α,β-unsaturated/α-hetero) is 1. The number of thiazole rings is 1. The fourth-order valence-corrected chi connectivity index (χ4v) is 2.62. The molecular formula is C12H12N4O2S. The van der Waals surface area contributed by atoms with Gasteiger partial charge in [-0.3, -0.25) is 14.6 Å². The van der Waals surface area contributed by atoms with Gasteiger partial charge in [-0.15, -0.1) is 0 Å². The number of rotatable bonds is 3. The van der Waals surface area contributed by atoms with Crippen molar-refractivity contribution in [3.8, 4) is 0 Å². The van der Waals surface area contributed by atoms with Gasteiger partial charge in [-0.25, -0.2) is 14.9 Å². The zero-order valence-corrected chi connectivity index (χ0v) is 11.6. The molecule has 7 heteroatoms. The molecule has 1 amide bonds. The van der Waals surface area contributed by atoms with Crippen molar-refractivity contribution in [2.24, 2.45) is 0 Å². The standard InChI is InChI=1S/C12H12N4O2S/c1-7-11(8(2)17)19-12(15-7)16(9(3)18)10-6-13-4-5-14-10/h4-6H,1-3H3. The third kappa shape index (κ3) is 2.65. The predicted molar refractivity (Wildman–Crippen MR) is 71.7 cm³/mol. The molecule has 19 heavy (non-hydrogen) atoms. The highest BCUT2D eigenvalue weighted by molar-refractivity contribution is 7.17. The van der Waals surface area contributed by atoms with Crippen LogP contribution < -0.4 is 4.90 Å². The fraction of sp³-hybridized carbons (Fsp3) is 0.250. The zero-order chi connectivity index (χ0) is 14.0. The van der Waals surface area contributed by atoms with Crippen molar-refractivity contribution >= 4 is 34.0 Å². The first kappa shape index (κ1) is 13.3. The SMILES string of the molecule is CC(=O)c1sc(N(C(C)=O)c2cnccn2)nc1C. The number of aryl methyl sites for hydroxylation is 1. The number of aromatic nitrogens is 3. The maximum Gasteiger partial charge on any atom is 0.231 e. The molecule has 0 radical (unpaired) electrons. The minimum atomic E-state index is -0.232. The molecule has 2 aromatic heterocycles. The smallest absolute Gasteiger partial charge is 0.231 e. The summed E-state index contributed by atoms with van der Waals surface area (Å²) in [7, 11) is 0. The van der Waals surface area contributed by atoms with Crippen LogP contribution in [-0.4, -0.2) is 26.6 Å². The molecule has 0 N–H and O–H groups in total. The van der Waals surface area contributed by atoms with Gasteiger partial charge in [0, 0.05) is 26.2 Å². The average Bonchev–Trinajstić information content (AvgIpc) is 2.72. The fourth-order valence-electron chi connectivity index (χ4n) is 1.61. The summed E-state index contributed by atoms with van der Waals surface area (Å²) in [6.45, 7) is 4.63. The van der Waals surface area contributed by atoms with E-state index < -0.39 is 0 Å². The van der Waals surface area contributed by atoms with E-state index in [1.807, 2.05) is 0 Å². The zero-order valence-electron chi connectivity index (χ0n) is 10.7. The van der Waals surface area contributed by atoms with Crippen molar-refractivity contribution in [2.45, 2.75) is 20.8 Å². The molecule has 0 aliphatic heterocycles. The van der Waals surface area contributed by atoms with Crippen LogP contribution in [0.15, 0.2) is 18.6 Å². The highest BCUT2D eigenvalue weighted by Gasteiger charge is 2.22. The summed E-state index contributed by atoms with van der Waals surface area (Å²) in [5, 5.41) is 0.427. The third-order valence-electron chi connectivity index (χ3n) is 2.39. The number of nitrogens with zero attached hydrogens (tertiary/aromatic N) is 4. The molecule has 0 saturated carbocycles. The Morgan fingerprint density at radius 3 is 2.47 bits per heavy atom. The molecule has 2 rings (SSSR count). The normalized spacial score (nSPS) is 10.3. The van der Waals surface area contributed by atoms with Gasteiger partial charge in [0.05, 0.1) is 16.8 Å². The van der Waals surface area contributed by atoms with Crippen molar-refractivity contribution in [1.29, 1.82) is 0 Å². The second-order valence-corrected chi connectivity index (χ2v) is 4.86. The number of ketones is 1. The Morgan fingerprint density at radius 2 is 2.00 bits per heavy atom. The molecule has 0 bridgehead atoms. The summed E-state index contributed by atoms with van der Waals surface area (Å²) in [4.78, 5) is 37.4. The van der Waals surface area contributed by atoms with E-state index in [1.165, 1.54) is 48.7 Å². The van der Waals surface area contributed by atoms with E-state index in [-0.39, 0.29) is 11.7 Å². The van der Waals surface area contributed by atoms with Gasteiger partial charge in [0.25, 0.3) is 0 Å². The summed E-state index contributed by atoms with van der Waals surface area (Å²) >= 11 is 1.18. The number of carbonyl (C=O) groups is 2. The summed E-state index contributed by atoms with van der Waals surface area (Å²) in [6, 6.07) is 0. The summed E-state index contributed by atoms with van der Waals surface area (Å²) in [5.41, 5.74) is 0.614. The molecule has 0 aliphatic rings. The van der Waals surface area contributed by atoms with Crippen LogP contribution in [-0.2, 0) is 4.79 Å². The molecular weight excluding hydrogens is 264 g/mol. The Labute approximate surface area is 114 Å². The van der Waals surface area contributed by atoms with E-state index in [4.69, 9.17) is 0 Å². The van der Waals surface area contributed by atoms with E-state index in [9.17, 15) is 9.59 Å². The van der Waals surface area contributed by atoms with Gasteiger partial charge < -0.3 is 0 Å². The van der Waals surface area contributed by atoms with Crippen LogP contribution in [0.25, 0.3) is 0 Å². The third-order valence-corrected chi connectivity index (χ3v) is 3.63.